The molecular formula is C23H31IN4O2. The van der Waals surface area contributed by atoms with Gasteiger partial charge in [0, 0.05) is 32.4 Å². The first kappa shape index (κ1) is 23.9. The SMILES string of the molecule is CN=C(NCc1ccc(N2CC=CC2)cc1)NCC(C)Oc1ccccc1OC.I. The Morgan fingerprint density at radius 3 is 2.33 bits per heavy atom. The second-order valence-electron chi connectivity index (χ2n) is 6.93. The molecule has 0 spiro atoms. The molecule has 3 rings (SSSR count). The molecule has 0 saturated heterocycles. The van der Waals surface area contributed by atoms with Crippen molar-refractivity contribution >= 4 is 35.6 Å². The maximum absolute atomic E-state index is 5.98. The predicted octanol–water partition coefficient (Wildman–Crippen LogP) is 3.82. The summed E-state index contributed by atoms with van der Waals surface area (Å²) < 4.78 is 11.3. The molecule has 1 aliphatic rings. The fourth-order valence-electron chi connectivity index (χ4n) is 3.13. The molecule has 0 aromatic heterocycles. The summed E-state index contributed by atoms with van der Waals surface area (Å²) in [5.41, 5.74) is 2.46. The van der Waals surface area contributed by atoms with Gasteiger partial charge in [0.1, 0.15) is 6.10 Å². The molecule has 30 heavy (non-hydrogen) atoms. The monoisotopic (exact) mass is 522 g/mol. The highest BCUT2D eigenvalue weighted by molar-refractivity contribution is 14.0. The van der Waals surface area contributed by atoms with E-state index in [1.165, 1.54) is 11.3 Å². The van der Waals surface area contributed by atoms with Gasteiger partial charge in [-0.3, -0.25) is 4.99 Å². The lowest BCUT2D eigenvalue weighted by molar-refractivity contribution is 0.213. The highest BCUT2D eigenvalue weighted by Crippen LogP contribution is 2.26. The maximum atomic E-state index is 5.98. The summed E-state index contributed by atoms with van der Waals surface area (Å²) in [7, 11) is 3.41. The molecule has 2 N–H and O–H groups in total. The van der Waals surface area contributed by atoms with Crippen molar-refractivity contribution in [2.24, 2.45) is 4.99 Å². The predicted molar refractivity (Wildman–Crippen MR) is 134 cm³/mol. The van der Waals surface area contributed by atoms with Gasteiger partial charge in [0.25, 0.3) is 0 Å². The summed E-state index contributed by atoms with van der Waals surface area (Å²) in [6, 6.07) is 16.3. The fraction of sp³-hybridized carbons (Fsp3) is 0.348. The van der Waals surface area contributed by atoms with E-state index in [-0.39, 0.29) is 30.1 Å². The van der Waals surface area contributed by atoms with Crippen LogP contribution < -0.4 is 25.0 Å². The molecular weight excluding hydrogens is 491 g/mol. The Morgan fingerprint density at radius 2 is 1.70 bits per heavy atom. The van der Waals surface area contributed by atoms with Gasteiger partial charge in [-0.2, -0.15) is 0 Å². The standard InChI is InChI=1S/C23H30N4O2.HI/c1-18(29-22-9-5-4-8-21(22)28-3)16-25-23(24-2)26-17-19-10-12-20(13-11-19)27-14-6-7-15-27;/h4-13,18H,14-17H2,1-3H3,(H2,24,25,26);1H. The van der Waals surface area contributed by atoms with Crippen molar-refractivity contribution in [3.05, 3.63) is 66.2 Å². The van der Waals surface area contributed by atoms with Crippen LogP contribution in [0.4, 0.5) is 5.69 Å². The number of guanidine groups is 1. The van der Waals surface area contributed by atoms with Crippen LogP contribution in [0, 0.1) is 0 Å². The number of nitrogens with one attached hydrogen (secondary N) is 2. The van der Waals surface area contributed by atoms with Crippen LogP contribution >= 0.6 is 24.0 Å². The van der Waals surface area contributed by atoms with Crippen LogP contribution in [0.1, 0.15) is 12.5 Å². The first-order chi connectivity index (χ1) is 14.2. The van der Waals surface area contributed by atoms with E-state index in [9.17, 15) is 0 Å². The van der Waals surface area contributed by atoms with Crippen LogP contribution in [0.15, 0.2) is 65.7 Å². The van der Waals surface area contributed by atoms with Crippen LogP contribution in [0.2, 0.25) is 0 Å². The molecule has 1 unspecified atom stereocenters. The highest BCUT2D eigenvalue weighted by Gasteiger charge is 2.10. The van der Waals surface area contributed by atoms with E-state index in [4.69, 9.17) is 9.47 Å². The van der Waals surface area contributed by atoms with Crippen molar-refractivity contribution in [2.45, 2.75) is 19.6 Å². The van der Waals surface area contributed by atoms with E-state index in [1.807, 2.05) is 31.2 Å². The number of nitrogens with zero attached hydrogens (tertiary/aromatic N) is 2. The number of para-hydroxylation sites is 2. The van der Waals surface area contributed by atoms with Crippen molar-refractivity contribution in [1.82, 2.24) is 10.6 Å². The Kier molecular flexibility index (Phi) is 9.79. The zero-order valence-corrected chi connectivity index (χ0v) is 20.1. The minimum atomic E-state index is -0.0433. The number of methoxy groups -OCH3 is 1. The van der Waals surface area contributed by atoms with Gasteiger partial charge in [-0.1, -0.05) is 36.4 Å². The quantitative estimate of drug-likeness (QED) is 0.239. The molecule has 6 nitrogen and oxygen atoms in total. The number of halogens is 1. The van der Waals surface area contributed by atoms with E-state index in [0.717, 1.165) is 30.5 Å². The molecule has 1 aliphatic heterocycles. The van der Waals surface area contributed by atoms with E-state index in [1.54, 1.807) is 14.2 Å². The lowest BCUT2D eigenvalue weighted by atomic mass is 10.2. The molecule has 2 aromatic carbocycles. The van der Waals surface area contributed by atoms with Crippen LogP contribution in [0.25, 0.3) is 0 Å². The third-order valence-electron chi connectivity index (χ3n) is 4.76. The van der Waals surface area contributed by atoms with Crippen LogP contribution in [-0.2, 0) is 6.54 Å². The molecule has 0 aliphatic carbocycles. The Bertz CT molecular complexity index is 831. The summed E-state index contributed by atoms with van der Waals surface area (Å²) in [4.78, 5) is 6.63. The zero-order chi connectivity index (χ0) is 20.5. The van der Waals surface area contributed by atoms with Crippen molar-refractivity contribution < 1.29 is 9.47 Å². The summed E-state index contributed by atoms with van der Waals surface area (Å²) >= 11 is 0. The average molecular weight is 522 g/mol. The summed E-state index contributed by atoms with van der Waals surface area (Å²) in [6.07, 6.45) is 4.35. The van der Waals surface area contributed by atoms with Crippen LogP contribution in [-0.4, -0.2) is 45.9 Å². The molecule has 0 radical (unpaired) electrons. The van der Waals surface area contributed by atoms with E-state index < -0.39 is 0 Å². The molecule has 162 valence electrons. The molecule has 2 aromatic rings. The van der Waals surface area contributed by atoms with E-state index in [0.29, 0.717) is 13.1 Å². The van der Waals surface area contributed by atoms with Gasteiger partial charge in [0.15, 0.2) is 17.5 Å². The van der Waals surface area contributed by atoms with Crippen molar-refractivity contribution in [3.63, 3.8) is 0 Å². The van der Waals surface area contributed by atoms with Crippen LogP contribution in [0.3, 0.4) is 0 Å². The molecule has 1 atom stereocenters. The molecule has 0 saturated carbocycles. The van der Waals surface area contributed by atoms with Gasteiger partial charge in [-0.15, -0.1) is 24.0 Å². The first-order valence-corrected chi connectivity index (χ1v) is 9.92. The third kappa shape index (κ3) is 6.83. The number of aliphatic imine (C=N–C) groups is 1. The smallest absolute Gasteiger partial charge is 0.191 e. The summed E-state index contributed by atoms with van der Waals surface area (Å²) in [6.45, 7) is 5.32. The van der Waals surface area contributed by atoms with Gasteiger partial charge < -0.3 is 25.0 Å². The Balaban J connectivity index is 0.00000320. The number of hydrogen-bond donors (Lipinski definition) is 2. The van der Waals surface area contributed by atoms with Gasteiger partial charge in [-0.05, 0) is 36.8 Å². The molecule has 7 heteroatoms. The van der Waals surface area contributed by atoms with E-state index in [2.05, 4.69) is 56.9 Å². The maximum Gasteiger partial charge on any atom is 0.191 e. The molecule has 0 bridgehead atoms. The van der Waals surface area contributed by atoms with Crippen molar-refractivity contribution in [2.75, 3.05) is 38.7 Å². The zero-order valence-electron chi connectivity index (χ0n) is 17.8. The van der Waals surface area contributed by atoms with Gasteiger partial charge in [0.05, 0.1) is 13.7 Å². The Morgan fingerprint density at radius 1 is 1.03 bits per heavy atom. The first-order valence-electron chi connectivity index (χ1n) is 9.92. The number of rotatable bonds is 8. The third-order valence-corrected chi connectivity index (χ3v) is 4.76. The van der Waals surface area contributed by atoms with Crippen molar-refractivity contribution in [3.8, 4) is 11.5 Å². The normalized spacial score (nSPS) is 14.1. The van der Waals surface area contributed by atoms with Crippen molar-refractivity contribution in [1.29, 1.82) is 0 Å². The number of ether oxygens (including phenoxy) is 2. The number of anilines is 1. The fourth-order valence-corrected chi connectivity index (χ4v) is 3.13. The summed E-state index contributed by atoms with van der Waals surface area (Å²) in [5.74, 6) is 2.21. The van der Waals surface area contributed by atoms with Gasteiger partial charge in [-0.25, -0.2) is 0 Å². The lowest BCUT2D eigenvalue weighted by Crippen LogP contribution is -2.41. The van der Waals surface area contributed by atoms with Crippen LogP contribution in [0.5, 0.6) is 11.5 Å². The Hall–Kier alpha value is -2.42. The minimum Gasteiger partial charge on any atom is -0.493 e. The number of benzene rings is 2. The number of hydrogen-bond acceptors (Lipinski definition) is 4. The topological polar surface area (TPSA) is 58.1 Å². The van der Waals surface area contributed by atoms with Gasteiger partial charge >= 0.3 is 0 Å². The minimum absolute atomic E-state index is 0. The summed E-state index contributed by atoms with van der Waals surface area (Å²) in [5, 5.41) is 6.66. The largest absolute Gasteiger partial charge is 0.493 e. The molecule has 0 amide bonds. The molecule has 1 heterocycles. The average Bonchev–Trinajstić information content (AvgIpc) is 3.29. The lowest BCUT2D eigenvalue weighted by Gasteiger charge is -2.19. The second kappa shape index (κ2) is 12.3. The Labute approximate surface area is 196 Å². The highest BCUT2D eigenvalue weighted by atomic mass is 127. The van der Waals surface area contributed by atoms with Gasteiger partial charge in [0.2, 0.25) is 0 Å². The molecule has 0 fully saturated rings. The second-order valence-corrected chi connectivity index (χ2v) is 6.93. The van der Waals surface area contributed by atoms with E-state index >= 15 is 0 Å².